The van der Waals surface area contributed by atoms with E-state index in [0.717, 1.165) is 51.4 Å². The SMILES string of the molecule is CC(C)=CCC/C(C)=C/CC/C(C)=C/CO.CC(C)=CCC/C(C)=C/CC/C(C)=C/CO. The highest BCUT2D eigenvalue weighted by Gasteiger charge is 1.92. The van der Waals surface area contributed by atoms with Crippen molar-refractivity contribution in [2.75, 3.05) is 13.2 Å². The second-order valence-electron chi connectivity index (χ2n) is 9.28. The standard InChI is InChI=1S/2C15H26O/c2*1-13(2)7-5-8-14(3)9-6-10-15(4)11-12-16/h2*7,9,11,16H,5-6,8,10,12H2,1-4H3/b2*14-9+,15-11+. The maximum atomic E-state index is 8.72. The molecule has 0 unspecified atom stereocenters. The molecule has 0 rings (SSSR count). The molecule has 0 spiro atoms. The van der Waals surface area contributed by atoms with Crippen LogP contribution in [0.2, 0.25) is 0 Å². The van der Waals surface area contributed by atoms with Gasteiger partial charge in [0.25, 0.3) is 0 Å². The van der Waals surface area contributed by atoms with Crippen LogP contribution < -0.4 is 0 Å². The van der Waals surface area contributed by atoms with Gasteiger partial charge in [-0.05, 0) is 107 Å². The Morgan fingerprint density at radius 1 is 0.406 bits per heavy atom. The van der Waals surface area contributed by atoms with Crippen molar-refractivity contribution < 1.29 is 10.2 Å². The van der Waals surface area contributed by atoms with Gasteiger partial charge in [-0.25, -0.2) is 0 Å². The molecule has 0 aromatic rings. The van der Waals surface area contributed by atoms with Crippen molar-refractivity contribution in [1.29, 1.82) is 0 Å². The average molecular weight is 445 g/mol. The molecule has 0 aromatic carbocycles. The second kappa shape index (κ2) is 22.6. The lowest BCUT2D eigenvalue weighted by Gasteiger charge is -2.00. The van der Waals surface area contributed by atoms with Crippen LogP contribution in [-0.4, -0.2) is 23.4 Å². The number of hydrogen-bond donors (Lipinski definition) is 2. The van der Waals surface area contributed by atoms with E-state index < -0.39 is 0 Å². The van der Waals surface area contributed by atoms with Crippen molar-refractivity contribution in [2.24, 2.45) is 0 Å². The maximum Gasteiger partial charge on any atom is 0.0614 e. The molecule has 0 saturated heterocycles. The summed E-state index contributed by atoms with van der Waals surface area (Å²) in [5.41, 5.74) is 8.28. The van der Waals surface area contributed by atoms with Gasteiger partial charge in [-0.3, -0.25) is 0 Å². The van der Waals surface area contributed by atoms with E-state index in [4.69, 9.17) is 10.2 Å². The van der Waals surface area contributed by atoms with E-state index in [1.54, 1.807) is 0 Å². The van der Waals surface area contributed by atoms with Crippen molar-refractivity contribution in [3.8, 4) is 0 Å². The van der Waals surface area contributed by atoms with Gasteiger partial charge in [-0.1, -0.05) is 69.9 Å². The van der Waals surface area contributed by atoms with Crippen LogP contribution in [0.5, 0.6) is 0 Å². The largest absolute Gasteiger partial charge is 0.392 e. The number of hydrogen-bond acceptors (Lipinski definition) is 2. The molecule has 0 bridgehead atoms. The number of allylic oxidation sites excluding steroid dienone is 10. The zero-order valence-electron chi connectivity index (χ0n) is 22.4. The van der Waals surface area contributed by atoms with Gasteiger partial charge in [-0.15, -0.1) is 0 Å². The highest BCUT2D eigenvalue weighted by atomic mass is 16.3. The summed E-state index contributed by atoms with van der Waals surface area (Å²) in [6.45, 7) is 17.4. The minimum Gasteiger partial charge on any atom is -0.392 e. The van der Waals surface area contributed by atoms with Crippen molar-refractivity contribution in [3.63, 3.8) is 0 Å². The topological polar surface area (TPSA) is 40.5 Å². The molecule has 2 nitrogen and oxygen atoms in total. The Balaban J connectivity index is 0. The minimum absolute atomic E-state index is 0.162. The molecule has 0 aromatic heterocycles. The summed E-state index contributed by atoms with van der Waals surface area (Å²) in [5.74, 6) is 0. The van der Waals surface area contributed by atoms with Gasteiger partial charge in [0.05, 0.1) is 13.2 Å². The summed E-state index contributed by atoms with van der Waals surface area (Å²) in [4.78, 5) is 0. The second-order valence-corrected chi connectivity index (χ2v) is 9.28. The fraction of sp³-hybridized carbons (Fsp3) is 0.600. The molecule has 2 N–H and O–H groups in total. The van der Waals surface area contributed by atoms with E-state index in [9.17, 15) is 0 Å². The molecule has 0 amide bonds. The Morgan fingerprint density at radius 2 is 0.656 bits per heavy atom. The van der Waals surface area contributed by atoms with E-state index in [-0.39, 0.29) is 13.2 Å². The molecule has 0 radical (unpaired) electrons. The number of aliphatic hydroxyl groups is 2. The fourth-order valence-corrected chi connectivity index (χ4v) is 2.99. The first-order valence-corrected chi connectivity index (χ1v) is 12.2. The van der Waals surface area contributed by atoms with Crippen molar-refractivity contribution in [1.82, 2.24) is 0 Å². The minimum atomic E-state index is 0.162. The Bertz CT molecular complexity index is 588. The van der Waals surface area contributed by atoms with Crippen LogP contribution in [0.25, 0.3) is 0 Å². The summed E-state index contributed by atoms with van der Waals surface area (Å²) in [5, 5.41) is 17.4. The molecule has 0 aliphatic heterocycles. The normalized spacial score (nSPS) is 12.8. The Hall–Kier alpha value is -1.64. The maximum absolute atomic E-state index is 8.72. The first-order chi connectivity index (χ1) is 15.1. The van der Waals surface area contributed by atoms with Crippen molar-refractivity contribution in [3.05, 3.63) is 69.9 Å². The Morgan fingerprint density at radius 3 is 0.906 bits per heavy atom. The summed E-state index contributed by atoms with van der Waals surface area (Å²) in [6, 6.07) is 0. The van der Waals surface area contributed by atoms with Gasteiger partial charge in [0.2, 0.25) is 0 Å². The van der Waals surface area contributed by atoms with Crippen LogP contribution >= 0.6 is 0 Å². The van der Waals surface area contributed by atoms with E-state index >= 15 is 0 Å². The van der Waals surface area contributed by atoms with Crippen LogP contribution in [0.1, 0.15) is 107 Å². The molecule has 0 fully saturated rings. The summed E-state index contributed by atoms with van der Waals surface area (Å²) in [6.07, 6.45) is 21.9. The third kappa shape index (κ3) is 26.4. The fourth-order valence-electron chi connectivity index (χ4n) is 2.99. The highest BCUT2D eigenvalue weighted by molar-refractivity contribution is 5.06. The lowest BCUT2D eigenvalue weighted by atomic mass is 10.1. The zero-order chi connectivity index (χ0) is 24.8. The van der Waals surface area contributed by atoms with Crippen molar-refractivity contribution >= 4 is 0 Å². The third-order valence-electron chi connectivity index (χ3n) is 5.12. The van der Waals surface area contributed by atoms with Crippen LogP contribution in [0.3, 0.4) is 0 Å². The number of rotatable bonds is 14. The van der Waals surface area contributed by atoms with Crippen LogP contribution in [0.15, 0.2) is 69.9 Å². The van der Waals surface area contributed by atoms with Crippen molar-refractivity contribution in [2.45, 2.75) is 107 Å². The Labute approximate surface area is 200 Å². The molecular weight excluding hydrogens is 392 g/mol. The van der Waals surface area contributed by atoms with Crippen LogP contribution in [-0.2, 0) is 0 Å². The predicted molar refractivity (Wildman–Crippen MR) is 145 cm³/mol. The highest BCUT2D eigenvalue weighted by Crippen LogP contribution is 2.12. The van der Waals surface area contributed by atoms with E-state index in [2.05, 4.69) is 79.7 Å². The molecule has 184 valence electrons. The van der Waals surface area contributed by atoms with Crippen LogP contribution in [0, 0.1) is 0 Å². The summed E-state index contributed by atoms with van der Waals surface area (Å²) >= 11 is 0. The molecule has 32 heavy (non-hydrogen) atoms. The van der Waals surface area contributed by atoms with Gasteiger partial charge < -0.3 is 10.2 Å². The van der Waals surface area contributed by atoms with Gasteiger partial charge in [0, 0.05) is 0 Å². The number of aliphatic hydroxyl groups excluding tert-OH is 2. The summed E-state index contributed by atoms with van der Waals surface area (Å²) < 4.78 is 0. The third-order valence-corrected chi connectivity index (χ3v) is 5.12. The van der Waals surface area contributed by atoms with Gasteiger partial charge >= 0.3 is 0 Å². The lowest BCUT2D eigenvalue weighted by Crippen LogP contribution is -1.82. The van der Waals surface area contributed by atoms with Crippen LogP contribution in [0.4, 0.5) is 0 Å². The molecular formula is C30H52O2. The summed E-state index contributed by atoms with van der Waals surface area (Å²) in [7, 11) is 0. The Kier molecular flexibility index (Phi) is 22.9. The zero-order valence-corrected chi connectivity index (χ0v) is 22.4. The molecule has 0 atom stereocenters. The monoisotopic (exact) mass is 444 g/mol. The molecule has 0 aliphatic rings. The smallest absolute Gasteiger partial charge is 0.0614 e. The first-order valence-electron chi connectivity index (χ1n) is 12.2. The van der Waals surface area contributed by atoms with E-state index in [1.165, 1.54) is 33.4 Å². The molecule has 0 aliphatic carbocycles. The first kappa shape index (κ1) is 32.5. The molecule has 2 heteroatoms. The van der Waals surface area contributed by atoms with E-state index in [1.807, 2.05) is 12.2 Å². The quantitative estimate of drug-likeness (QED) is 0.263. The van der Waals surface area contributed by atoms with Gasteiger partial charge in [0.15, 0.2) is 0 Å². The average Bonchev–Trinajstić information content (AvgIpc) is 2.68. The van der Waals surface area contributed by atoms with E-state index in [0.29, 0.717) is 0 Å². The lowest BCUT2D eigenvalue weighted by molar-refractivity contribution is 0.341. The van der Waals surface area contributed by atoms with Gasteiger partial charge in [0.1, 0.15) is 0 Å². The van der Waals surface area contributed by atoms with Gasteiger partial charge in [-0.2, -0.15) is 0 Å². The molecule has 0 saturated carbocycles. The predicted octanol–water partition coefficient (Wildman–Crippen LogP) is 8.80. The molecule has 0 heterocycles.